The van der Waals surface area contributed by atoms with Crippen molar-refractivity contribution in [2.45, 2.75) is 6.18 Å². The maximum Gasteiger partial charge on any atom is 0.417 e. The molecule has 3 aromatic rings. The number of benzene rings is 1. The zero-order chi connectivity index (χ0) is 15.4. The number of aromatic nitrogens is 4. The standard InChI is InChI=1S/C11H4ClF3N4O2/c12-4-2-6-5(1-3(4)11(13,14)15)16-7-8(17-6)18-10(21)19-9(7)20/h1-2H,(H2,17,18,19,20,21). The van der Waals surface area contributed by atoms with Gasteiger partial charge >= 0.3 is 11.9 Å². The van der Waals surface area contributed by atoms with Gasteiger partial charge in [0, 0.05) is 0 Å². The average Bonchev–Trinajstić information content (AvgIpc) is 2.34. The maximum atomic E-state index is 12.8. The SMILES string of the molecule is O=c1[nH]c(=O)c2nc3cc(C(F)(F)F)c(Cl)cc3nc2[nH]1. The number of hydrogen-bond acceptors (Lipinski definition) is 4. The maximum absolute atomic E-state index is 12.8. The zero-order valence-electron chi connectivity index (χ0n) is 9.88. The van der Waals surface area contributed by atoms with Crippen molar-refractivity contribution in [3.8, 4) is 0 Å². The van der Waals surface area contributed by atoms with Gasteiger partial charge in [0.1, 0.15) is 0 Å². The monoisotopic (exact) mass is 316 g/mol. The fourth-order valence-corrected chi connectivity index (χ4v) is 2.11. The Morgan fingerprint density at radius 1 is 1.05 bits per heavy atom. The Balaban J connectivity index is 2.44. The van der Waals surface area contributed by atoms with Gasteiger partial charge in [-0.3, -0.25) is 14.8 Å². The number of nitrogens with zero attached hydrogens (tertiary/aromatic N) is 2. The number of nitrogens with one attached hydrogen (secondary N) is 2. The first-order valence-electron chi connectivity index (χ1n) is 5.46. The van der Waals surface area contributed by atoms with E-state index in [9.17, 15) is 22.8 Å². The molecule has 10 heteroatoms. The van der Waals surface area contributed by atoms with E-state index in [4.69, 9.17) is 11.6 Å². The Morgan fingerprint density at radius 2 is 1.71 bits per heavy atom. The second-order valence-electron chi connectivity index (χ2n) is 4.15. The molecule has 0 fully saturated rings. The predicted octanol–water partition coefficient (Wildman–Crippen LogP) is 1.83. The molecule has 0 bridgehead atoms. The fraction of sp³-hybridized carbons (Fsp3) is 0.0909. The average molecular weight is 317 g/mol. The molecule has 0 aliphatic heterocycles. The van der Waals surface area contributed by atoms with Gasteiger partial charge < -0.3 is 0 Å². The van der Waals surface area contributed by atoms with E-state index in [0.717, 1.165) is 6.07 Å². The van der Waals surface area contributed by atoms with E-state index >= 15 is 0 Å². The van der Waals surface area contributed by atoms with Crippen LogP contribution >= 0.6 is 11.6 Å². The van der Waals surface area contributed by atoms with E-state index in [0.29, 0.717) is 6.07 Å². The van der Waals surface area contributed by atoms with Gasteiger partial charge in [-0.05, 0) is 12.1 Å². The van der Waals surface area contributed by atoms with Crippen LogP contribution in [0.25, 0.3) is 22.2 Å². The summed E-state index contributed by atoms with van der Waals surface area (Å²) in [5.74, 6) is 0. The Morgan fingerprint density at radius 3 is 2.38 bits per heavy atom. The Kier molecular flexibility index (Phi) is 2.77. The first-order chi connectivity index (χ1) is 9.75. The van der Waals surface area contributed by atoms with Crippen LogP contribution in [0.15, 0.2) is 21.7 Å². The molecule has 2 aromatic heterocycles. The zero-order valence-corrected chi connectivity index (χ0v) is 10.6. The molecule has 0 radical (unpaired) electrons. The normalized spacial score (nSPS) is 12.2. The molecular formula is C11H4ClF3N4O2. The summed E-state index contributed by atoms with van der Waals surface area (Å²) in [4.78, 5) is 34.6. The summed E-state index contributed by atoms with van der Waals surface area (Å²) in [6, 6.07) is 1.68. The first-order valence-corrected chi connectivity index (χ1v) is 5.84. The van der Waals surface area contributed by atoms with Crippen molar-refractivity contribution in [3.63, 3.8) is 0 Å². The molecule has 0 atom stereocenters. The van der Waals surface area contributed by atoms with Gasteiger partial charge in [-0.25, -0.2) is 14.8 Å². The molecule has 21 heavy (non-hydrogen) atoms. The first kappa shape index (κ1) is 13.6. The van der Waals surface area contributed by atoms with E-state index in [2.05, 4.69) is 15.0 Å². The molecule has 6 nitrogen and oxygen atoms in total. The molecule has 0 amide bonds. The predicted molar refractivity (Wildman–Crippen MR) is 68.3 cm³/mol. The third-order valence-corrected chi connectivity index (χ3v) is 3.05. The highest BCUT2D eigenvalue weighted by atomic mass is 35.5. The van der Waals surface area contributed by atoms with E-state index in [1.54, 1.807) is 0 Å². The Labute approximate surface area is 117 Å². The molecule has 3 rings (SSSR count). The number of rotatable bonds is 0. The lowest BCUT2D eigenvalue weighted by molar-refractivity contribution is -0.137. The van der Waals surface area contributed by atoms with E-state index in [1.165, 1.54) is 0 Å². The van der Waals surface area contributed by atoms with Crippen molar-refractivity contribution in [2.24, 2.45) is 0 Å². The van der Waals surface area contributed by atoms with Gasteiger partial charge in [-0.15, -0.1) is 0 Å². The molecule has 0 saturated heterocycles. The minimum absolute atomic E-state index is 0.0294. The molecule has 0 saturated carbocycles. The van der Waals surface area contributed by atoms with Crippen LogP contribution in [0.5, 0.6) is 0 Å². The molecule has 108 valence electrons. The fourth-order valence-electron chi connectivity index (χ4n) is 1.84. The summed E-state index contributed by atoms with van der Waals surface area (Å²) in [6.45, 7) is 0. The lowest BCUT2D eigenvalue weighted by Crippen LogP contribution is -2.23. The van der Waals surface area contributed by atoms with Crippen molar-refractivity contribution in [1.82, 2.24) is 19.9 Å². The van der Waals surface area contributed by atoms with Crippen LogP contribution in [0.4, 0.5) is 13.2 Å². The summed E-state index contributed by atoms with van der Waals surface area (Å²) >= 11 is 5.57. The Bertz CT molecular complexity index is 993. The summed E-state index contributed by atoms with van der Waals surface area (Å²) < 4.78 is 38.3. The number of H-pyrrole nitrogens is 2. The van der Waals surface area contributed by atoms with Crippen molar-refractivity contribution >= 4 is 33.8 Å². The van der Waals surface area contributed by atoms with Crippen molar-refractivity contribution in [1.29, 1.82) is 0 Å². The molecule has 2 N–H and O–H groups in total. The van der Waals surface area contributed by atoms with Crippen molar-refractivity contribution in [3.05, 3.63) is 43.6 Å². The molecule has 2 heterocycles. The van der Waals surface area contributed by atoms with Crippen LogP contribution in [0.1, 0.15) is 5.56 Å². The number of fused-ring (bicyclic) bond motifs is 2. The van der Waals surface area contributed by atoms with Gasteiger partial charge in [0.15, 0.2) is 11.2 Å². The van der Waals surface area contributed by atoms with Crippen LogP contribution in [0, 0.1) is 0 Å². The lowest BCUT2D eigenvalue weighted by atomic mass is 10.2. The summed E-state index contributed by atoms with van der Waals surface area (Å²) in [6.07, 6.45) is -4.65. The second-order valence-corrected chi connectivity index (χ2v) is 4.55. The molecule has 1 aromatic carbocycles. The highest BCUT2D eigenvalue weighted by Crippen LogP contribution is 2.36. The van der Waals surface area contributed by atoms with Crippen LogP contribution in [-0.4, -0.2) is 19.9 Å². The molecular weight excluding hydrogens is 313 g/mol. The number of alkyl halides is 3. The van der Waals surface area contributed by atoms with E-state index in [1.807, 2.05) is 4.98 Å². The minimum Gasteiger partial charge on any atom is -0.290 e. The van der Waals surface area contributed by atoms with Crippen LogP contribution in [0.2, 0.25) is 5.02 Å². The highest BCUT2D eigenvalue weighted by Gasteiger charge is 2.33. The largest absolute Gasteiger partial charge is 0.417 e. The van der Waals surface area contributed by atoms with E-state index in [-0.39, 0.29) is 22.2 Å². The summed E-state index contributed by atoms with van der Waals surface area (Å²) in [5.41, 5.74) is -3.24. The quantitative estimate of drug-likeness (QED) is 0.619. The third kappa shape index (κ3) is 2.25. The lowest BCUT2D eigenvalue weighted by Gasteiger charge is -2.09. The minimum atomic E-state index is -4.65. The molecule has 0 unspecified atom stereocenters. The second kappa shape index (κ2) is 4.29. The Hall–Kier alpha value is -2.42. The molecule has 0 spiro atoms. The van der Waals surface area contributed by atoms with Gasteiger partial charge in [-0.1, -0.05) is 11.6 Å². The van der Waals surface area contributed by atoms with Crippen molar-refractivity contribution in [2.75, 3.05) is 0 Å². The van der Waals surface area contributed by atoms with Gasteiger partial charge in [0.05, 0.1) is 21.6 Å². The highest BCUT2D eigenvalue weighted by molar-refractivity contribution is 6.32. The van der Waals surface area contributed by atoms with Crippen LogP contribution < -0.4 is 11.2 Å². The summed E-state index contributed by atoms with van der Waals surface area (Å²) in [5, 5.41) is -0.546. The van der Waals surface area contributed by atoms with Gasteiger partial charge in [0.25, 0.3) is 5.56 Å². The van der Waals surface area contributed by atoms with E-state index < -0.39 is 28.0 Å². The molecule has 0 aliphatic rings. The number of hydrogen-bond donors (Lipinski definition) is 2. The summed E-state index contributed by atoms with van der Waals surface area (Å²) in [7, 11) is 0. The van der Waals surface area contributed by atoms with Crippen LogP contribution in [-0.2, 0) is 6.18 Å². The molecule has 0 aliphatic carbocycles. The third-order valence-electron chi connectivity index (χ3n) is 2.73. The topological polar surface area (TPSA) is 91.5 Å². The van der Waals surface area contributed by atoms with Crippen LogP contribution in [0.3, 0.4) is 0 Å². The van der Waals surface area contributed by atoms with Gasteiger partial charge in [-0.2, -0.15) is 13.2 Å². The number of aromatic amines is 2. The number of halogens is 4. The van der Waals surface area contributed by atoms with Crippen molar-refractivity contribution < 1.29 is 13.2 Å². The van der Waals surface area contributed by atoms with Gasteiger partial charge in [0.2, 0.25) is 0 Å². The smallest absolute Gasteiger partial charge is 0.290 e.